The maximum Gasteiger partial charge on any atom is 0.165 e. The summed E-state index contributed by atoms with van der Waals surface area (Å²) < 4.78 is 21.1. The average molecular weight is 249 g/mol. The number of benzene rings is 1. The summed E-state index contributed by atoms with van der Waals surface area (Å²) in [4.78, 5) is 3.99. The smallest absolute Gasteiger partial charge is 0.165 e. The van der Waals surface area contributed by atoms with Crippen molar-refractivity contribution in [1.82, 2.24) is 14.9 Å². The standard InChI is InChI=1S/C13H16FN3O/c1-15-6-10-4-3-5-12(14)13(10)18-8-11-7-16-9-17(11)2/h3-5,7,9,15H,6,8H2,1-2H3. The highest BCUT2D eigenvalue weighted by Crippen LogP contribution is 2.23. The molecule has 96 valence electrons. The van der Waals surface area contributed by atoms with Crippen molar-refractivity contribution in [2.75, 3.05) is 7.05 Å². The highest BCUT2D eigenvalue weighted by molar-refractivity contribution is 5.35. The van der Waals surface area contributed by atoms with Crippen molar-refractivity contribution >= 4 is 0 Å². The summed E-state index contributed by atoms with van der Waals surface area (Å²) in [7, 11) is 3.69. The van der Waals surface area contributed by atoms with Crippen LogP contribution in [0.25, 0.3) is 0 Å². The van der Waals surface area contributed by atoms with Crippen molar-refractivity contribution in [2.45, 2.75) is 13.2 Å². The van der Waals surface area contributed by atoms with Crippen LogP contribution in [0.3, 0.4) is 0 Å². The first-order chi connectivity index (χ1) is 8.72. The number of hydrogen-bond donors (Lipinski definition) is 1. The number of imidazole rings is 1. The van der Waals surface area contributed by atoms with Gasteiger partial charge in [-0.25, -0.2) is 9.37 Å². The number of ether oxygens (including phenoxy) is 1. The van der Waals surface area contributed by atoms with E-state index >= 15 is 0 Å². The number of halogens is 1. The molecule has 0 aliphatic heterocycles. The van der Waals surface area contributed by atoms with Gasteiger partial charge >= 0.3 is 0 Å². The Morgan fingerprint density at radius 3 is 2.94 bits per heavy atom. The van der Waals surface area contributed by atoms with Gasteiger partial charge in [-0.1, -0.05) is 12.1 Å². The Labute approximate surface area is 105 Å². The van der Waals surface area contributed by atoms with Crippen LogP contribution in [0.2, 0.25) is 0 Å². The SMILES string of the molecule is CNCc1cccc(F)c1OCc1cncn1C. The molecule has 2 aromatic rings. The predicted octanol–water partition coefficient (Wildman–Crippen LogP) is 1.86. The Balaban J connectivity index is 2.15. The quantitative estimate of drug-likeness (QED) is 0.879. The molecule has 0 bridgehead atoms. The third kappa shape index (κ3) is 2.68. The van der Waals surface area contributed by atoms with E-state index in [9.17, 15) is 4.39 Å². The number of rotatable bonds is 5. The zero-order valence-corrected chi connectivity index (χ0v) is 10.5. The number of para-hydroxylation sites is 1. The van der Waals surface area contributed by atoms with Crippen LogP contribution in [0.5, 0.6) is 5.75 Å². The van der Waals surface area contributed by atoms with E-state index in [-0.39, 0.29) is 5.82 Å². The van der Waals surface area contributed by atoms with Gasteiger partial charge in [-0.15, -0.1) is 0 Å². The van der Waals surface area contributed by atoms with Gasteiger partial charge in [0.25, 0.3) is 0 Å². The Morgan fingerprint density at radius 1 is 1.44 bits per heavy atom. The Hall–Kier alpha value is -1.88. The summed E-state index contributed by atoms with van der Waals surface area (Å²) in [6.07, 6.45) is 3.40. The van der Waals surface area contributed by atoms with E-state index in [2.05, 4.69) is 10.3 Å². The van der Waals surface area contributed by atoms with Gasteiger partial charge in [0.05, 0.1) is 18.2 Å². The fourth-order valence-corrected chi connectivity index (χ4v) is 1.71. The second-order valence-corrected chi connectivity index (χ2v) is 4.04. The van der Waals surface area contributed by atoms with Crippen LogP contribution >= 0.6 is 0 Å². The molecule has 2 rings (SSSR count). The van der Waals surface area contributed by atoms with Crippen LogP contribution in [-0.2, 0) is 20.2 Å². The molecule has 0 aliphatic carbocycles. The van der Waals surface area contributed by atoms with Crippen LogP contribution in [0.15, 0.2) is 30.7 Å². The van der Waals surface area contributed by atoms with Crippen LogP contribution < -0.4 is 10.1 Å². The summed E-state index contributed by atoms with van der Waals surface area (Å²) in [5.74, 6) is -0.0435. The van der Waals surface area contributed by atoms with E-state index in [1.54, 1.807) is 18.6 Å². The molecular weight excluding hydrogens is 233 g/mol. The lowest BCUT2D eigenvalue weighted by atomic mass is 10.2. The van der Waals surface area contributed by atoms with Gasteiger partial charge < -0.3 is 14.6 Å². The minimum absolute atomic E-state index is 0.299. The lowest BCUT2D eigenvalue weighted by molar-refractivity contribution is 0.278. The number of aryl methyl sites for hydroxylation is 1. The molecule has 1 aromatic heterocycles. The Morgan fingerprint density at radius 2 is 2.28 bits per heavy atom. The summed E-state index contributed by atoms with van der Waals surface area (Å²) in [6, 6.07) is 4.93. The summed E-state index contributed by atoms with van der Waals surface area (Å²) >= 11 is 0. The molecule has 1 N–H and O–H groups in total. The third-order valence-electron chi connectivity index (χ3n) is 2.70. The van der Waals surface area contributed by atoms with Crippen molar-refractivity contribution < 1.29 is 9.13 Å². The second kappa shape index (κ2) is 5.64. The molecule has 1 heterocycles. The molecule has 0 saturated carbocycles. The van der Waals surface area contributed by atoms with Crippen LogP contribution in [0.4, 0.5) is 4.39 Å². The van der Waals surface area contributed by atoms with Crippen LogP contribution in [0, 0.1) is 5.82 Å². The molecule has 1 aromatic carbocycles. The number of aromatic nitrogens is 2. The molecule has 0 saturated heterocycles. The molecule has 0 amide bonds. The zero-order valence-electron chi connectivity index (χ0n) is 10.5. The monoisotopic (exact) mass is 249 g/mol. The van der Waals surface area contributed by atoms with Gasteiger partial charge in [0.2, 0.25) is 0 Å². The van der Waals surface area contributed by atoms with E-state index in [4.69, 9.17) is 4.74 Å². The van der Waals surface area contributed by atoms with Crippen molar-refractivity contribution in [3.63, 3.8) is 0 Å². The lowest BCUT2D eigenvalue weighted by Gasteiger charge is -2.12. The van der Waals surface area contributed by atoms with Gasteiger partial charge in [-0.3, -0.25) is 0 Å². The molecule has 0 spiro atoms. The highest BCUT2D eigenvalue weighted by Gasteiger charge is 2.10. The molecule has 0 aliphatic rings. The highest BCUT2D eigenvalue weighted by atomic mass is 19.1. The fourth-order valence-electron chi connectivity index (χ4n) is 1.71. The van der Waals surface area contributed by atoms with Gasteiger partial charge in [0.1, 0.15) is 6.61 Å². The minimum atomic E-state index is -0.343. The second-order valence-electron chi connectivity index (χ2n) is 4.04. The first kappa shape index (κ1) is 12.6. The van der Waals surface area contributed by atoms with E-state index in [0.29, 0.717) is 18.9 Å². The van der Waals surface area contributed by atoms with Gasteiger partial charge in [0.15, 0.2) is 11.6 Å². The maximum atomic E-state index is 13.7. The fraction of sp³-hybridized carbons (Fsp3) is 0.308. The summed E-state index contributed by atoms with van der Waals surface area (Å²) in [5.41, 5.74) is 1.70. The Bertz CT molecular complexity index is 525. The van der Waals surface area contributed by atoms with Gasteiger partial charge in [-0.05, 0) is 13.1 Å². The number of nitrogens with zero attached hydrogens (tertiary/aromatic N) is 2. The van der Waals surface area contributed by atoms with Crippen LogP contribution in [-0.4, -0.2) is 16.6 Å². The zero-order chi connectivity index (χ0) is 13.0. The topological polar surface area (TPSA) is 39.1 Å². The molecule has 0 atom stereocenters. The largest absolute Gasteiger partial charge is 0.484 e. The molecule has 18 heavy (non-hydrogen) atoms. The van der Waals surface area contributed by atoms with Crippen molar-refractivity contribution in [3.05, 3.63) is 47.8 Å². The van der Waals surface area contributed by atoms with E-state index in [1.807, 2.05) is 24.7 Å². The first-order valence-corrected chi connectivity index (χ1v) is 5.72. The molecule has 0 unspecified atom stereocenters. The van der Waals surface area contributed by atoms with Crippen LogP contribution in [0.1, 0.15) is 11.3 Å². The molecule has 4 nitrogen and oxygen atoms in total. The molecule has 0 radical (unpaired) electrons. The third-order valence-corrected chi connectivity index (χ3v) is 2.70. The molecule has 0 fully saturated rings. The minimum Gasteiger partial charge on any atom is -0.484 e. The number of hydrogen-bond acceptors (Lipinski definition) is 3. The lowest BCUT2D eigenvalue weighted by Crippen LogP contribution is -2.09. The van der Waals surface area contributed by atoms with E-state index < -0.39 is 0 Å². The Kier molecular flexibility index (Phi) is 3.94. The first-order valence-electron chi connectivity index (χ1n) is 5.72. The van der Waals surface area contributed by atoms with E-state index in [0.717, 1.165) is 11.3 Å². The van der Waals surface area contributed by atoms with Crippen molar-refractivity contribution in [1.29, 1.82) is 0 Å². The molecule has 5 heteroatoms. The molecular formula is C13H16FN3O. The summed E-state index contributed by atoms with van der Waals surface area (Å²) in [6.45, 7) is 0.868. The normalized spacial score (nSPS) is 10.6. The van der Waals surface area contributed by atoms with Crippen molar-refractivity contribution in [2.24, 2.45) is 7.05 Å². The van der Waals surface area contributed by atoms with Gasteiger partial charge in [0, 0.05) is 19.2 Å². The maximum absolute atomic E-state index is 13.7. The van der Waals surface area contributed by atoms with E-state index in [1.165, 1.54) is 6.07 Å². The van der Waals surface area contributed by atoms with Gasteiger partial charge in [-0.2, -0.15) is 0 Å². The van der Waals surface area contributed by atoms with Crippen molar-refractivity contribution in [3.8, 4) is 5.75 Å². The predicted molar refractivity (Wildman–Crippen MR) is 66.7 cm³/mol. The average Bonchev–Trinajstić information content (AvgIpc) is 2.75. The number of nitrogens with one attached hydrogen (secondary N) is 1. The summed E-state index contributed by atoms with van der Waals surface area (Å²) in [5, 5.41) is 2.99.